The van der Waals surface area contributed by atoms with Crippen LogP contribution >= 0.6 is 11.6 Å². The van der Waals surface area contributed by atoms with Gasteiger partial charge in [-0.3, -0.25) is 4.79 Å². The first-order valence-corrected chi connectivity index (χ1v) is 8.00. The van der Waals surface area contributed by atoms with Crippen molar-refractivity contribution >= 4 is 29.7 Å². The molecule has 2 aromatic carbocycles. The van der Waals surface area contributed by atoms with E-state index in [1.165, 1.54) is 18.3 Å². The molecule has 0 unspecified atom stereocenters. The summed E-state index contributed by atoms with van der Waals surface area (Å²) >= 11 is 5.86. The zero-order chi connectivity index (χ0) is 18.5. The molecular formula is C19H13ClN3O3-. The molecule has 130 valence electrons. The summed E-state index contributed by atoms with van der Waals surface area (Å²) in [5.74, 6) is -1.60. The van der Waals surface area contributed by atoms with Crippen molar-refractivity contribution in [1.82, 2.24) is 9.99 Å². The number of amides is 1. The van der Waals surface area contributed by atoms with E-state index < -0.39 is 5.97 Å². The molecule has 3 rings (SSSR count). The van der Waals surface area contributed by atoms with Crippen LogP contribution in [0.25, 0.3) is 5.69 Å². The molecule has 0 bridgehead atoms. The normalized spacial score (nSPS) is 10.8. The molecule has 0 aliphatic carbocycles. The van der Waals surface area contributed by atoms with Crippen molar-refractivity contribution < 1.29 is 14.7 Å². The number of carbonyl (C=O) groups is 2. The second-order valence-corrected chi connectivity index (χ2v) is 5.78. The maximum atomic E-state index is 12.0. The van der Waals surface area contributed by atoms with Crippen molar-refractivity contribution in [2.75, 3.05) is 0 Å². The van der Waals surface area contributed by atoms with Crippen molar-refractivity contribution in [2.45, 2.75) is 0 Å². The second-order valence-electron chi connectivity index (χ2n) is 5.35. The van der Waals surface area contributed by atoms with Gasteiger partial charge in [0.2, 0.25) is 0 Å². The lowest BCUT2D eigenvalue weighted by Crippen LogP contribution is -2.22. The highest BCUT2D eigenvalue weighted by Crippen LogP contribution is 2.13. The SMILES string of the molecule is O=C([O-])c1ccc(-n2cccc2/C=N\NC(=O)c2cccc(Cl)c2)cc1. The number of nitrogens with one attached hydrogen (secondary N) is 1. The Balaban J connectivity index is 1.73. The summed E-state index contributed by atoms with van der Waals surface area (Å²) in [5.41, 5.74) is 4.41. The first-order valence-electron chi connectivity index (χ1n) is 7.63. The van der Waals surface area contributed by atoms with E-state index in [9.17, 15) is 14.7 Å². The molecule has 0 atom stereocenters. The van der Waals surface area contributed by atoms with E-state index in [-0.39, 0.29) is 11.5 Å². The molecule has 26 heavy (non-hydrogen) atoms. The number of hydrazone groups is 1. The molecule has 0 aliphatic rings. The van der Waals surface area contributed by atoms with E-state index in [1.54, 1.807) is 47.2 Å². The Hall–Kier alpha value is -3.38. The topological polar surface area (TPSA) is 86.5 Å². The van der Waals surface area contributed by atoms with Crippen LogP contribution < -0.4 is 10.5 Å². The first-order chi connectivity index (χ1) is 12.5. The fourth-order valence-corrected chi connectivity index (χ4v) is 2.53. The summed E-state index contributed by atoms with van der Waals surface area (Å²) in [6.07, 6.45) is 3.29. The van der Waals surface area contributed by atoms with Crippen molar-refractivity contribution in [2.24, 2.45) is 5.10 Å². The van der Waals surface area contributed by atoms with Crippen LogP contribution in [0.2, 0.25) is 5.02 Å². The number of aromatic carboxylic acids is 1. The van der Waals surface area contributed by atoms with E-state index >= 15 is 0 Å². The summed E-state index contributed by atoms with van der Waals surface area (Å²) in [6.45, 7) is 0. The summed E-state index contributed by atoms with van der Waals surface area (Å²) in [6, 6.07) is 16.4. The summed E-state index contributed by atoms with van der Waals surface area (Å²) < 4.78 is 1.80. The Kier molecular flexibility index (Phi) is 5.15. The Morgan fingerprint density at radius 1 is 1.04 bits per heavy atom. The Labute approximate surface area is 154 Å². The highest BCUT2D eigenvalue weighted by atomic mass is 35.5. The number of rotatable bonds is 5. The molecule has 6 nitrogen and oxygen atoms in total. The van der Waals surface area contributed by atoms with Gasteiger partial charge < -0.3 is 14.5 Å². The molecule has 0 saturated carbocycles. The van der Waals surface area contributed by atoms with Crippen LogP contribution in [0.5, 0.6) is 0 Å². The molecule has 1 aromatic heterocycles. The molecule has 7 heteroatoms. The largest absolute Gasteiger partial charge is 0.545 e. The number of carbonyl (C=O) groups excluding carboxylic acids is 2. The number of hydrogen-bond acceptors (Lipinski definition) is 4. The molecule has 1 heterocycles. The number of carboxylic acid groups (broad SMARTS) is 1. The number of aromatic nitrogens is 1. The van der Waals surface area contributed by atoms with Crippen molar-refractivity contribution in [1.29, 1.82) is 0 Å². The minimum Gasteiger partial charge on any atom is -0.545 e. The Morgan fingerprint density at radius 2 is 1.81 bits per heavy atom. The lowest BCUT2D eigenvalue weighted by atomic mass is 10.2. The maximum absolute atomic E-state index is 12.0. The van der Waals surface area contributed by atoms with Crippen LogP contribution in [-0.4, -0.2) is 22.7 Å². The fourth-order valence-electron chi connectivity index (χ4n) is 2.34. The zero-order valence-corrected chi connectivity index (χ0v) is 14.2. The van der Waals surface area contributed by atoms with Gasteiger partial charge in [0.05, 0.1) is 17.9 Å². The van der Waals surface area contributed by atoms with Gasteiger partial charge in [0.15, 0.2) is 0 Å². The standard InChI is InChI=1S/C19H14ClN3O3/c20-15-4-1-3-14(11-15)18(24)22-21-12-17-5-2-10-23(17)16-8-6-13(7-9-16)19(25)26/h1-12H,(H,22,24)(H,25,26)/p-1/b21-12-. The lowest BCUT2D eigenvalue weighted by molar-refractivity contribution is -0.255. The third kappa shape index (κ3) is 3.99. The van der Waals surface area contributed by atoms with Gasteiger partial charge in [-0.1, -0.05) is 29.8 Å². The third-order valence-electron chi connectivity index (χ3n) is 3.61. The quantitative estimate of drug-likeness (QED) is 0.555. The van der Waals surface area contributed by atoms with Crippen LogP contribution in [0.1, 0.15) is 26.4 Å². The summed E-state index contributed by atoms with van der Waals surface area (Å²) in [7, 11) is 0. The Bertz CT molecular complexity index is 978. The van der Waals surface area contributed by atoms with Crippen LogP contribution in [0.4, 0.5) is 0 Å². The molecule has 1 N–H and O–H groups in total. The molecule has 0 aliphatic heterocycles. The van der Waals surface area contributed by atoms with Crippen molar-refractivity contribution in [3.05, 3.63) is 88.7 Å². The molecule has 0 spiro atoms. The molecule has 3 aromatic rings. The summed E-state index contributed by atoms with van der Waals surface area (Å²) in [4.78, 5) is 22.9. The monoisotopic (exact) mass is 366 g/mol. The number of halogens is 1. The minimum absolute atomic E-state index is 0.102. The fraction of sp³-hybridized carbons (Fsp3) is 0. The van der Waals surface area contributed by atoms with Gasteiger partial charge in [-0.2, -0.15) is 5.10 Å². The van der Waals surface area contributed by atoms with Gasteiger partial charge in [0.1, 0.15) is 0 Å². The Morgan fingerprint density at radius 3 is 2.50 bits per heavy atom. The van der Waals surface area contributed by atoms with Gasteiger partial charge in [-0.25, -0.2) is 5.43 Å². The zero-order valence-electron chi connectivity index (χ0n) is 13.4. The molecule has 0 saturated heterocycles. The lowest BCUT2D eigenvalue weighted by Gasteiger charge is -2.08. The third-order valence-corrected chi connectivity index (χ3v) is 3.85. The predicted octanol–water partition coefficient (Wildman–Crippen LogP) is 2.26. The van der Waals surface area contributed by atoms with Crippen molar-refractivity contribution in [3.63, 3.8) is 0 Å². The van der Waals surface area contributed by atoms with E-state index in [4.69, 9.17) is 11.6 Å². The smallest absolute Gasteiger partial charge is 0.271 e. The predicted molar refractivity (Wildman–Crippen MR) is 96.6 cm³/mol. The van der Waals surface area contributed by atoms with Crippen LogP contribution in [0.15, 0.2) is 72.0 Å². The number of nitrogens with zero attached hydrogens (tertiary/aromatic N) is 2. The van der Waals surface area contributed by atoms with Crippen LogP contribution in [-0.2, 0) is 0 Å². The number of hydrogen-bond donors (Lipinski definition) is 1. The second kappa shape index (κ2) is 7.67. The summed E-state index contributed by atoms with van der Waals surface area (Å²) in [5, 5.41) is 15.2. The van der Waals surface area contributed by atoms with Gasteiger partial charge in [0, 0.05) is 22.5 Å². The van der Waals surface area contributed by atoms with E-state index in [0.29, 0.717) is 16.3 Å². The van der Waals surface area contributed by atoms with E-state index in [2.05, 4.69) is 10.5 Å². The molecule has 0 radical (unpaired) electrons. The number of benzene rings is 2. The van der Waals surface area contributed by atoms with Gasteiger partial charge >= 0.3 is 0 Å². The van der Waals surface area contributed by atoms with E-state index in [1.807, 2.05) is 12.1 Å². The van der Waals surface area contributed by atoms with E-state index in [0.717, 1.165) is 5.69 Å². The highest BCUT2D eigenvalue weighted by Gasteiger charge is 2.05. The highest BCUT2D eigenvalue weighted by molar-refractivity contribution is 6.30. The average Bonchev–Trinajstić information content (AvgIpc) is 3.10. The van der Waals surface area contributed by atoms with Crippen molar-refractivity contribution in [3.8, 4) is 5.69 Å². The molecular weight excluding hydrogens is 354 g/mol. The van der Waals surface area contributed by atoms with Crippen LogP contribution in [0.3, 0.4) is 0 Å². The van der Waals surface area contributed by atoms with Gasteiger partial charge in [0.25, 0.3) is 5.91 Å². The van der Waals surface area contributed by atoms with Gasteiger partial charge in [-0.05, 0) is 48.0 Å². The first kappa shape index (κ1) is 17.4. The number of carboxylic acids is 1. The molecule has 0 fully saturated rings. The van der Waals surface area contributed by atoms with Gasteiger partial charge in [-0.15, -0.1) is 0 Å². The average molecular weight is 367 g/mol. The molecule has 1 amide bonds. The minimum atomic E-state index is -1.23. The maximum Gasteiger partial charge on any atom is 0.271 e. The van der Waals surface area contributed by atoms with Crippen LogP contribution in [0, 0.1) is 0 Å².